The monoisotopic (exact) mass is 283 g/mol. The van der Waals surface area contributed by atoms with Gasteiger partial charge in [0, 0.05) is 18.9 Å². The maximum atomic E-state index is 5.93. The summed E-state index contributed by atoms with van der Waals surface area (Å²) in [6.07, 6.45) is 0. The van der Waals surface area contributed by atoms with Gasteiger partial charge in [-0.3, -0.25) is 0 Å². The molecule has 0 aliphatic heterocycles. The van der Waals surface area contributed by atoms with Crippen LogP contribution in [0.15, 0.2) is 30.3 Å². The highest BCUT2D eigenvalue weighted by molar-refractivity contribution is 6.33. The number of ether oxygens (including phenoxy) is 1. The third kappa shape index (κ3) is 3.32. The van der Waals surface area contributed by atoms with Crippen molar-refractivity contribution in [1.29, 1.82) is 0 Å². The van der Waals surface area contributed by atoms with E-state index in [1.807, 2.05) is 24.3 Å². The van der Waals surface area contributed by atoms with E-state index in [1.54, 1.807) is 13.2 Å². The summed E-state index contributed by atoms with van der Waals surface area (Å²) < 4.78 is 5.08. The molecule has 1 N–H and O–H groups in total. The minimum Gasteiger partial charge on any atom is -0.380 e. The van der Waals surface area contributed by atoms with E-state index in [0.29, 0.717) is 12.3 Å². The molecule has 1 aromatic carbocycles. The smallest absolute Gasteiger partial charge is 0.175 e. The predicted molar refractivity (Wildman–Crippen MR) is 72.5 cm³/mol. The first-order chi connectivity index (χ1) is 8.69. The van der Waals surface area contributed by atoms with E-state index in [9.17, 15) is 0 Å². The van der Waals surface area contributed by atoms with E-state index >= 15 is 0 Å². The Kier molecular flexibility index (Phi) is 4.36. The van der Waals surface area contributed by atoms with Crippen molar-refractivity contribution in [2.45, 2.75) is 6.61 Å². The average molecular weight is 284 g/mol. The lowest BCUT2D eigenvalue weighted by Crippen LogP contribution is -1.96. The van der Waals surface area contributed by atoms with Gasteiger partial charge in [-0.25, -0.2) is 0 Å². The molecule has 0 aliphatic rings. The van der Waals surface area contributed by atoms with Gasteiger partial charge in [0.05, 0.1) is 12.3 Å². The second-order valence-corrected chi connectivity index (χ2v) is 4.38. The third-order valence-electron chi connectivity index (χ3n) is 2.24. The highest BCUT2D eigenvalue weighted by Gasteiger charge is 2.04. The van der Waals surface area contributed by atoms with Crippen LogP contribution in [-0.2, 0) is 11.3 Å². The Morgan fingerprint density at radius 3 is 2.83 bits per heavy atom. The first kappa shape index (κ1) is 13.1. The van der Waals surface area contributed by atoms with E-state index in [2.05, 4.69) is 15.5 Å². The van der Waals surface area contributed by atoms with Gasteiger partial charge in [-0.05, 0) is 17.7 Å². The fourth-order valence-electron chi connectivity index (χ4n) is 1.50. The van der Waals surface area contributed by atoms with Crippen molar-refractivity contribution in [2.24, 2.45) is 0 Å². The molecule has 0 unspecified atom stereocenters. The van der Waals surface area contributed by atoms with Crippen LogP contribution >= 0.6 is 23.2 Å². The van der Waals surface area contributed by atoms with Crippen LogP contribution in [0, 0.1) is 0 Å². The first-order valence-electron chi connectivity index (χ1n) is 5.22. The molecule has 1 heterocycles. The quantitative estimate of drug-likeness (QED) is 0.930. The van der Waals surface area contributed by atoms with Crippen molar-refractivity contribution in [3.8, 4) is 0 Å². The van der Waals surface area contributed by atoms with Gasteiger partial charge < -0.3 is 10.1 Å². The maximum Gasteiger partial charge on any atom is 0.175 e. The largest absolute Gasteiger partial charge is 0.380 e. The van der Waals surface area contributed by atoms with E-state index in [-0.39, 0.29) is 10.3 Å². The van der Waals surface area contributed by atoms with Gasteiger partial charge in [-0.2, -0.15) is 0 Å². The molecule has 0 aliphatic carbocycles. The normalized spacial score (nSPS) is 10.4. The second kappa shape index (κ2) is 6.00. The van der Waals surface area contributed by atoms with Gasteiger partial charge in [0.1, 0.15) is 0 Å². The Balaban J connectivity index is 2.22. The fourth-order valence-corrected chi connectivity index (χ4v) is 1.79. The average Bonchev–Trinajstić information content (AvgIpc) is 2.35. The number of rotatable bonds is 4. The molecule has 0 atom stereocenters. The summed E-state index contributed by atoms with van der Waals surface area (Å²) in [5, 5.41) is 11.1. The van der Waals surface area contributed by atoms with Crippen molar-refractivity contribution in [3.05, 3.63) is 46.2 Å². The standard InChI is InChI=1S/C12H11Cl2N3O/c1-18-7-8-3-2-4-9(5-8)15-10-6-11(13)16-17-12(10)14/h2-6H,7H2,1H3,(H,15,16). The first-order valence-corrected chi connectivity index (χ1v) is 5.98. The minimum atomic E-state index is 0.275. The second-order valence-electron chi connectivity index (χ2n) is 3.63. The van der Waals surface area contributed by atoms with Gasteiger partial charge >= 0.3 is 0 Å². The fraction of sp³-hybridized carbons (Fsp3) is 0.167. The Bertz CT molecular complexity index is 549. The summed E-state index contributed by atoms with van der Waals surface area (Å²) in [7, 11) is 1.66. The van der Waals surface area contributed by atoms with Crippen molar-refractivity contribution in [2.75, 3.05) is 12.4 Å². The molecule has 4 nitrogen and oxygen atoms in total. The molecule has 6 heteroatoms. The van der Waals surface area contributed by atoms with E-state index in [4.69, 9.17) is 27.9 Å². The summed E-state index contributed by atoms with van der Waals surface area (Å²) in [5.41, 5.74) is 2.56. The lowest BCUT2D eigenvalue weighted by molar-refractivity contribution is 0.185. The molecule has 94 valence electrons. The summed E-state index contributed by atoms with van der Waals surface area (Å²) >= 11 is 11.7. The predicted octanol–water partition coefficient (Wildman–Crippen LogP) is 3.67. The molecule has 18 heavy (non-hydrogen) atoms. The Morgan fingerprint density at radius 1 is 1.22 bits per heavy atom. The Hall–Kier alpha value is -1.36. The van der Waals surface area contributed by atoms with Gasteiger partial charge in [-0.1, -0.05) is 35.3 Å². The van der Waals surface area contributed by atoms with Gasteiger partial charge in [0.15, 0.2) is 10.3 Å². The molecule has 2 aromatic rings. The maximum absolute atomic E-state index is 5.93. The van der Waals surface area contributed by atoms with Crippen LogP contribution in [0.5, 0.6) is 0 Å². The number of nitrogens with one attached hydrogen (secondary N) is 1. The van der Waals surface area contributed by atoms with Crippen LogP contribution in [0.1, 0.15) is 5.56 Å². The number of nitrogens with zero attached hydrogens (tertiary/aromatic N) is 2. The highest BCUT2D eigenvalue weighted by Crippen LogP contribution is 2.25. The Morgan fingerprint density at radius 2 is 2.06 bits per heavy atom. The van der Waals surface area contributed by atoms with Gasteiger partial charge in [0.25, 0.3) is 0 Å². The molecular weight excluding hydrogens is 273 g/mol. The number of aromatic nitrogens is 2. The number of halogens is 2. The van der Waals surface area contributed by atoms with Gasteiger partial charge in [0.2, 0.25) is 0 Å². The van der Waals surface area contributed by atoms with Crippen LogP contribution in [-0.4, -0.2) is 17.3 Å². The third-order valence-corrected chi connectivity index (χ3v) is 2.70. The van der Waals surface area contributed by atoms with Crippen molar-refractivity contribution < 1.29 is 4.74 Å². The summed E-state index contributed by atoms with van der Waals surface area (Å²) in [5.74, 6) is 0. The van der Waals surface area contributed by atoms with Crippen molar-refractivity contribution in [3.63, 3.8) is 0 Å². The van der Waals surface area contributed by atoms with Crippen LogP contribution < -0.4 is 5.32 Å². The van der Waals surface area contributed by atoms with E-state index < -0.39 is 0 Å². The van der Waals surface area contributed by atoms with E-state index in [1.165, 1.54) is 0 Å². The molecule has 0 spiro atoms. The van der Waals surface area contributed by atoms with Crippen LogP contribution in [0.3, 0.4) is 0 Å². The Labute approximate surface area is 115 Å². The van der Waals surface area contributed by atoms with Crippen LogP contribution in [0.25, 0.3) is 0 Å². The zero-order valence-corrected chi connectivity index (χ0v) is 11.2. The molecule has 0 bridgehead atoms. The number of anilines is 2. The van der Waals surface area contributed by atoms with Crippen molar-refractivity contribution in [1.82, 2.24) is 10.2 Å². The van der Waals surface area contributed by atoms with Crippen LogP contribution in [0.2, 0.25) is 10.3 Å². The molecule has 1 aromatic heterocycles. The molecular formula is C12H11Cl2N3O. The zero-order chi connectivity index (χ0) is 13.0. The minimum absolute atomic E-state index is 0.275. The molecule has 0 amide bonds. The van der Waals surface area contributed by atoms with E-state index in [0.717, 1.165) is 11.3 Å². The summed E-state index contributed by atoms with van der Waals surface area (Å²) in [6.45, 7) is 0.554. The number of hydrogen-bond donors (Lipinski definition) is 1. The van der Waals surface area contributed by atoms with Gasteiger partial charge in [-0.15, -0.1) is 10.2 Å². The molecule has 0 saturated carbocycles. The van der Waals surface area contributed by atoms with Crippen LogP contribution in [0.4, 0.5) is 11.4 Å². The number of methoxy groups -OCH3 is 1. The molecule has 0 saturated heterocycles. The number of hydrogen-bond acceptors (Lipinski definition) is 4. The molecule has 0 fully saturated rings. The number of benzene rings is 1. The SMILES string of the molecule is COCc1cccc(Nc2cc(Cl)nnc2Cl)c1. The highest BCUT2D eigenvalue weighted by atomic mass is 35.5. The lowest BCUT2D eigenvalue weighted by atomic mass is 10.2. The zero-order valence-electron chi connectivity index (χ0n) is 9.65. The molecule has 0 radical (unpaired) electrons. The topological polar surface area (TPSA) is 47.0 Å². The molecule has 2 rings (SSSR count). The summed E-state index contributed by atoms with van der Waals surface area (Å²) in [4.78, 5) is 0. The lowest BCUT2D eigenvalue weighted by Gasteiger charge is -2.09. The summed E-state index contributed by atoms with van der Waals surface area (Å²) in [6, 6.07) is 9.42. The van der Waals surface area contributed by atoms with Crippen molar-refractivity contribution >= 4 is 34.6 Å².